The molecule has 0 aromatic carbocycles. The van der Waals surface area contributed by atoms with Crippen molar-refractivity contribution in [3.63, 3.8) is 0 Å². The quantitative estimate of drug-likeness (QED) is 0.843. The highest BCUT2D eigenvalue weighted by Crippen LogP contribution is 2.34. The van der Waals surface area contributed by atoms with Gasteiger partial charge in [-0.2, -0.15) is 0 Å². The van der Waals surface area contributed by atoms with E-state index in [1.807, 2.05) is 6.92 Å². The van der Waals surface area contributed by atoms with E-state index in [2.05, 4.69) is 5.32 Å². The van der Waals surface area contributed by atoms with Gasteiger partial charge in [-0.1, -0.05) is 0 Å². The van der Waals surface area contributed by atoms with Crippen molar-refractivity contribution in [2.45, 2.75) is 35.9 Å². The summed E-state index contributed by atoms with van der Waals surface area (Å²) in [5.74, 6) is -0.0761. The summed E-state index contributed by atoms with van der Waals surface area (Å²) < 4.78 is 22.2. The summed E-state index contributed by atoms with van der Waals surface area (Å²) in [6, 6.07) is 3.06. The molecule has 1 aromatic heterocycles. The van der Waals surface area contributed by atoms with Crippen LogP contribution in [-0.4, -0.2) is 19.9 Å². The number of primary sulfonamides is 1. The third-order valence-corrected chi connectivity index (χ3v) is 5.22. The van der Waals surface area contributed by atoms with E-state index in [-0.39, 0.29) is 22.1 Å². The van der Waals surface area contributed by atoms with Crippen LogP contribution in [0, 0.1) is 0 Å². The maximum Gasteiger partial charge on any atom is 0.247 e. The molecular weight excluding hydrogens is 260 g/mol. The highest BCUT2D eigenvalue weighted by molar-refractivity contribution is 7.91. The van der Waals surface area contributed by atoms with Crippen molar-refractivity contribution < 1.29 is 13.2 Å². The maximum atomic E-state index is 11.6. The van der Waals surface area contributed by atoms with E-state index in [9.17, 15) is 13.2 Å². The van der Waals surface area contributed by atoms with E-state index in [1.54, 1.807) is 6.07 Å². The Kier molecular flexibility index (Phi) is 3.01. The highest BCUT2D eigenvalue weighted by Gasteiger charge is 2.38. The number of carbonyl (C=O) groups excluding carboxylic acids is 1. The lowest BCUT2D eigenvalue weighted by atomic mass is 10.3. The number of carbonyl (C=O) groups is 1. The van der Waals surface area contributed by atoms with Crippen LogP contribution in [-0.2, 0) is 21.2 Å². The van der Waals surface area contributed by atoms with Gasteiger partial charge in [0.25, 0.3) is 0 Å². The minimum Gasteiger partial charge on any atom is -0.351 e. The molecule has 1 amide bonds. The summed E-state index contributed by atoms with van der Waals surface area (Å²) in [5.41, 5.74) is -0.0445. The number of sulfonamides is 1. The van der Waals surface area contributed by atoms with Gasteiger partial charge in [0.15, 0.2) is 0 Å². The zero-order valence-electron chi connectivity index (χ0n) is 9.39. The number of hydrogen-bond donors (Lipinski definition) is 2. The molecule has 94 valence electrons. The normalized spacial score (nSPS) is 17.8. The third-order valence-electron chi connectivity index (χ3n) is 2.69. The second kappa shape index (κ2) is 4.08. The summed E-state index contributed by atoms with van der Waals surface area (Å²) in [4.78, 5) is 12.3. The first-order valence-corrected chi connectivity index (χ1v) is 7.57. The zero-order valence-corrected chi connectivity index (χ0v) is 11.0. The average Bonchev–Trinajstić information content (AvgIpc) is 2.73. The van der Waals surface area contributed by atoms with Gasteiger partial charge in [0, 0.05) is 10.4 Å². The van der Waals surface area contributed by atoms with Crippen molar-refractivity contribution in [2.24, 2.45) is 5.14 Å². The minimum atomic E-state index is -3.65. The van der Waals surface area contributed by atoms with Crippen molar-refractivity contribution in [1.29, 1.82) is 0 Å². The lowest BCUT2D eigenvalue weighted by Crippen LogP contribution is -2.35. The van der Waals surface area contributed by atoms with Crippen LogP contribution < -0.4 is 10.5 Å². The number of amides is 1. The molecule has 0 unspecified atom stereocenters. The molecule has 3 N–H and O–H groups in total. The Hall–Kier alpha value is -0.920. The van der Waals surface area contributed by atoms with Crippen LogP contribution in [0.2, 0.25) is 0 Å². The van der Waals surface area contributed by atoms with Crippen molar-refractivity contribution >= 4 is 27.3 Å². The van der Waals surface area contributed by atoms with E-state index < -0.39 is 10.0 Å². The van der Waals surface area contributed by atoms with Gasteiger partial charge in [-0.05, 0) is 31.9 Å². The molecule has 2 rings (SSSR count). The number of nitrogens with two attached hydrogens (primary N) is 1. The van der Waals surface area contributed by atoms with Gasteiger partial charge in [0.1, 0.15) is 4.21 Å². The first kappa shape index (κ1) is 12.5. The molecule has 1 aliphatic rings. The molecule has 0 spiro atoms. The van der Waals surface area contributed by atoms with E-state index in [1.165, 1.54) is 6.07 Å². The summed E-state index contributed by atoms with van der Waals surface area (Å²) in [6.45, 7) is 2.00. The number of rotatable bonds is 4. The van der Waals surface area contributed by atoms with Gasteiger partial charge in [-0.25, -0.2) is 13.6 Å². The summed E-state index contributed by atoms with van der Waals surface area (Å²) >= 11 is 1.04. The summed E-state index contributed by atoms with van der Waals surface area (Å²) in [6.07, 6.45) is 2.22. The molecular formula is C10H14N2O3S2. The molecule has 1 aromatic rings. The van der Waals surface area contributed by atoms with Gasteiger partial charge in [0.05, 0.1) is 6.42 Å². The Balaban J connectivity index is 1.99. The largest absolute Gasteiger partial charge is 0.351 e. The second-order valence-electron chi connectivity index (χ2n) is 4.55. The minimum absolute atomic E-state index is 0.0445. The standard InChI is InChI=1S/C10H14N2O3S2/c1-10(4-5-10)12-8(13)6-7-2-3-9(16-7)17(11,14)15/h2-3H,4-6H2,1H3,(H,12,13)(H2,11,14,15). The fraction of sp³-hybridized carbons (Fsp3) is 0.500. The molecule has 1 aliphatic carbocycles. The van der Waals surface area contributed by atoms with E-state index in [4.69, 9.17) is 5.14 Å². The lowest BCUT2D eigenvalue weighted by molar-refractivity contribution is -0.121. The van der Waals surface area contributed by atoms with Crippen molar-refractivity contribution in [1.82, 2.24) is 5.32 Å². The van der Waals surface area contributed by atoms with E-state index in [0.29, 0.717) is 4.88 Å². The third kappa shape index (κ3) is 3.27. The Morgan fingerprint density at radius 3 is 2.65 bits per heavy atom. The van der Waals surface area contributed by atoms with Crippen molar-refractivity contribution in [2.75, 3.05) is 0 Å². The van der Waals surface area contributed by atoms with Crippen LogP contribution >= 0.6 is 11.3 Å². The lowest BCUT2D eigenvalue weighted by Gasteiger charge is -2.10. The van der Waals surface area contributed by atoms with E-state index >= 15 is 0 Å². The van der Waals surface area contributed by atoms with Crippen molar-refractivity contribution in [3.05, 3.63) is 17.0 Å². The van der Waals surface area contributed by atoms with Crippen LogP contribution in [0.4, 0.5) is 0 Å². The van der Waals surface area contributed by atoms with Gasteiger partial charge < -0.3 is 5.32 Å². The SMILES string of the molecule is CC1(NC(=O)Cc2ccc(S(N)(=O)=O)s2)CC1. The number of thiophene rings is 1. The first-order valence-electron chi connectivity index (χ1n) is 5.21. The highest BCUT2D eigenvalue weighted by atomic mass is 32.2. The Morgan fingerprint density at radius 1 is 1.53 bits per heavy atom. The number of nitrogens with one attached hydrogen (secondary N) is 1. The molecule has 0 aliphatic heterocycles. The van der Waals surface area contributed by atoms with Crippen LogP contribution in [0.25, 0.3) is 0 Å². The molecule has 0 bridgehead atoms. The van der Waals surface area contributed by atoms with Crippen LogP contribution in [0.3, 0.4) is 0 Å². The van der Waals surface area contributed by atoms with Crippen molar-refractivity contribution in [3.8, 4) is 0 Å². The summed E-state index contributed by atoms with van der Waals surface area (Å²) in [7, 11) is -3.65. The fourth-order valence-electron chi connectivity index (χ4n) is 1.46. The molecule has 7 heteroatoms. The van der Waals surface area contributed by atoms with Gasteiger partial charge in [-0.15, -0.1) is 11.3 Å². The molecule has 17 heavy (non-hydrogen) atoms. The molecule has 1 fully saturated rings. The fourth-order valence-corrected chi connectivity index (χ4v) is 3.23. The van der Waals surface area contributed by atoms with Crippen LogP contribution in [0.1, 0.15) is 24.6 Å². The average molecular weight is 274 g/mol. The Morgan fingerprint density at radius 2 is 2.18 bits per heavy atom. The molecule has 0 radical (unpaired) electrons. The smallest absolute Gasteiger partial charge is 0.247 e. The molecule has 1 heterocycles. The molecule has 5 nitrogen and oxygen atoms in total. The topological polar surface area (TPSA) is 89.3 Å². The Labute approximate surface area is 104 Å². The Bertz CT molecular complexity index is 544. The molecule has 0 atom stereocenters. The monoisotopic (exact) mass is 274 g/mol. The van der Waals surface area contributed by atoms with Gasteiger partial charge >= 0.3 is 0 Å². The predicted molar refractivity (Wildman–Crippen MR) is 65.2 cm³/mol. The van der Waals surface area contributed by atoms with Gasteiger partial charge in [-0.3, -0.25) is 4.79 Å². The maximum absolute atomic E-state index is 11.6. The molecule has 0 saturated heterocycles. The van der Waals surface area contributed by atoms with E-state index in [0.717, 1.165) is 24.2 Å². The molecule has 1 saturated carbocycles. The predicted octanol–water partition coefficient (Wildman–Crippen LogP) is 0.607. The first-order chi connectivity index (χ1) is 7.78. The van der Waals surface area contributed by atoms with Gasteiger partial charge in [0.2, 0.25) is 15.9 Å². The van der Waals surface area contributed by atoms with Crippen LogP contribution in [0.5, 0.6) is 0 Å². The van der Waals surface area contributed by atoms with Crippen LogP contribution in [0.15, 0.2) is 16.3 Å². The summed E-state index contributed by atoms with van der Waals surface area (Å²) in [5, 5.41) is 7.91. The number of hydrogen-bond acceptors (Lipinski definition) is 4. The second-order valence-corrected chi connectivity index (χ2v) is 7.51. The zero-order chi connectivity index (χ0) is 12.7.